The SMILES string of the molecule is CCOCc1ccc(NC(=O)NC(CCCO)c2ccccc2)cc1. The van der Waals surface area contributed by atoms with Gasteiger partial charge >= 0.3 is 6.03 Å². The number of carbonyl (C=O) groups is 1. The number of hydrogen-bond acceptors (Lipinski definition) is 3. The normalized spacial score (nSPS) is 11.8. The lowest BCUT2D eigenvalue weighted by Gasteiger charge is -2.19. The Bertz CT molecular complexity index is 629. The molecule has 0 spiro atoms. The molecule has 0 saturated heterocycles. The number of anilines is 1. The van der Waals surface area contributed by atoms with Gasteiger partial charge in [-0.3, -0.25) is 0 Å². The van der Waals surface area contributed by atoms with Crippen molar-refractivity contribution in [2.45, 2.75) is 32.4 Å². The Morgan fingerprint density at radius 3 is 2.48 bits per heavy atom. The second kappa shape index (κ2) is 10.5. The number of aliphatic hydroxyl groups excluding tert-OH is 1. The number of hydrogen-bond donors (Lipinski definition) is 3. The van der Waals surface area contributed by atoms with E-state index in [1.807, 2.05) is 61.5 Å². The Kier molecular flexibility index (Phi) is 7.95. The summed E-state index contributed by atoms with van der Waals surface area (Å²) in [5, 5.41) is 14.9. The van der Waals surface area contributed by atoms with Crippen molar-refractivity contribution < 1.29 is 14.6 Å². The van der Waals surface area contributed by atoms with Gasteiger partial charge in [-0.1, -0.05) is 42.5 Å². The smallest absolute Gasteiger partial charge is 0.319 e. The zero-order valence-corrected chi connectivity index (χ0v) is 14.6. The molecule has 0 aliphatic carbocycles. The number of carbonyl (C=O) groups excluding carboxylic acids is 1. The molecule has 2 aromatic rings. The predicted molar refractivity (Wildman–Crippen MR) is 99.4 cm³/mol. The first-order valence-corrected chi connectivity index (χ1v) is 8.63. The first kappa shape index (κ1) is 19.0. The molecule has 2 amide bonds. The molecule has 0 radical (unpaired) electrons. The van der Waals surface area contributed by atoms with Crippen LogP contribution < -0.4 is 10.6 Å². The van der Waals surface area contributed by atoms with Crippen molar-refractivity contribution in [1.29, 1.82) is 0 Å². The van der Waals surface area contributed by atoms with Crippen molar-refractivity contribution in [2.24, 2.45) is 0 Å². The van der Waals surface area contributed by atoms with Crippen molar-refractivity contribution in [3.05, 3.63) is 65.7 Å². The minimum Gasteiger partial charge on any atom is -0.396 e. The Balaban J connectivity index is 1.94. The van der Waals surface area contributed by atoms with Crippen LogP contribution in [-0.4, -0.2) is 24.4 Å². The molecule has 0 aliphatic rings. The van der Waals surface area contributed by atoms with Gasteiger partial charge in [0.2, 0.25) is 0 Å². The molecule has 0 bridgehead atoms. The number of nitrogens with one attached hydrogen (secondary N) is 2. The summed E-state index contributed by atoms with van der Waals surface area (Å²) in [6, 6.07) is 17.0. The summed E-state index contributed by atoms with van der Waals surface area (Å²) in [7, 11) is 0. The van der Waals surface area contributed by atoms with Gasteiger partial charge in [0.25, 0.3) is 0 Å². The molecule has 134 valence electrons. The molecule has 3 N–H and O–H groups in total. The molecule has 0 heterocycles. The highest BCUT2D eigenvalue weighted by Crippen LogP contribution is 2.18. The second-order valence-electron chi connectivity index (χ2n) is 5.76. The molecule has 0 aromatic heterocycles. The van der Waals surface area contributed by atoms with Crippen molar-refractivity contribution >= 4 is 11.7 Å². The average molecular weight is 342 g/mol. The van der Waals surface area contributed by atoms with Gasteiger partial charge in [0.1, 0.15) is 0 Å². The number of amides is 2. The van der Waals surface area contributed by atoms with Gasteiger partial charge < -0.3 is 20.5 Å². The molecular formula is C20H26N2O3. The minimum absolute atomic E-state index is 0.105. The van der Waals surface area contributed by atoms with E-state index in [1.165, 1.54) is 0 Å². The van der Waals surface area contributed by atoms with Crippen molar-refractivity contribution in [2.75, 3.05) is 18.5 Å². The van der Waals surface area contributed by atoms with Gasteiger partial charge in [-0.15, -0.1) is 0 Å². The Morgan fingerprint density at radius 1 is 1.12 bits per heavy atom. The number of aliphatic hydroxyl groups is 1. The van der Waals surface area contributed by atoms with Crippen LogP contribution in [0.5, 0.6) is 0 Å². The lowest BCUT2D eigenvalue weighted by molar-refractivity contribution is 0.134. The summed E-state index contributed by atoms with van der Waals surface area (Å²) >= 11 is 0. The van der Waals surface area contributed by atoms with Gasteiger partial charge in [0.15, 0.2) is 0 Å². The fraction of sp³-hybridized carbons (Fsp3) is 0.350. The molecule has 5 nitrogen and oxygen atoms in total. The third-order valence-electron chi connectivity index (χ3n) is 3.84. The van der Waals surface area contributed by atoms with Gasteiger partial charge in [0, 0.05) is 18.9 Å². The first-order valence-electron chi connectivity index (χ1n) is 8.63. The molecule has 25 heavy (non-hydrogen) atoms. The van der Waals surface area contributed by atoms with Crippen LogP contribution in [0.15, 0.2) is 54.6 Å². The van der Waals surface area contributed by atoms with Crippen LogP contribution >= 0.6 is 0 Å². The van der Waals surface area contributed by atoms with E-state index in [1.54, 1.807) is 0 Å². The Morgan fingerprint density at radius 2 is 1.84 bits per heavy atom. The van der Waals surface area contributed by atoms with Gasteiger partial charge in [0.05, 0.1) is 12.6 Å². The van der Waals surface area contributed by atoms with Crippen molar-refractivity contribution in [3.63, 3.8) is 0 Å². The highest BCUT2D eigenvalue weighted by atomic mass is 16.5. The summed E-state index contributed by atoms with van der Waals surface area (Å²) < 4.78 is 5.36. The number of urea groups is 1. The quantitative estimate of drug-likeness (QED) is 0.648. The largest absolute Gasteiger partial charge is 0.396 e. The van der Waals surface area contributed by atoms with Gasteiger partial charge in [-0.05, 0) is 43.0 Å². The molecule has 0 saturated carbocycles. The first-order chi connectivity index (χ1) is 12.2. The van der Waals surface area contributed by atoms with E-state index in [2.05, 4.69) is 10.6 Å². The van der Waals surface area contributed by atoms with Crippen LogP contribution in [0, 0.1) is 0 Å². The van der Waals surface area contributed by atoms with Crippen LogP contribution in [0.1, 0.15) is 36.9 Å². The predicted octanol–water partition coefficient (Wildman–Crippen LogP) is 3.86. The van der Waals surface area contributed by atoms with E-state index in [0.29, 0.717) is 26.1 Å². The number of ether oxygens (including phenoxy) is 1. The third-order valence-corrected chi connectivity index (χ3v) is 3.84. The van der Waals surface area contributed by atoms with Crippen LogP contribution in [0.3, 0.4) is 0 Å². The van der Waals surface area contributed by atoms with E-state index in [9.17, 15) is 4.79 Å². The number of benzene rings is 2. The monoisotopic (exact) mass is 342 g/mol. The molecule has 5 heteroatoms. The molecule has 2 rings (SSSR count). The van der Waals surface area contributed by atoms with Crippen LogP contribution in [0.25, 0.3) is 0 Å². The maximum absolute atomic E-state index is 12.3. The van der Waals surface area contributed by atoms with E-state index in [0.717, 1.165) is 16.8 Å². The molecule has 1 atom stereocenters. The average Bonchev–Trinajstić information content (AvgIpc) is 2.65. The topological polar surface area (TPSA) is 70.6 Å². The molecule has 0 fully saturated rings. The fourth-order valence-corrected chi connectivity index (χ4v) is 2.53. The fourth-order valence-electron chi connectivity index (χ4n) is 2.53. The number of rotatable bonds is 9. The highest BCUT2D eigenvalue weighted by molar-refractivity contribution is 5.89. The molecular weight excluding hydrogens is 316 g/mol. The maximum atomic E-state index is 12.3. The summed E-state index contributed by atoms with van der Waals surface area (Å²) in [5.41, 5.74) is 2.82. The standard InChI is InChI=1S/C20H26N2O3/c1-2-25-15-16-10-12-18(13-11-16)21-20(24)22-19(9-6-14-23)17-7-4-3-5-8-17/h3-5,7-8,10-13,19,23H,2,6,9,14-15H2,1H3,(H2,21,22,24). The Labute approximate surface area is 149 Å². The van der Waals surface area contributed by atoms with Crippen molar-refractivity contribution in [3.8, 4) is 0 Å². The third kappa shape index (κ3) is 6.57. The van der Waals surface area contributed by atoms with Crippen molar-refractivity contribution in [1.82, 2.24) is 5.32 Å². The van der Waals surface area contributed by atoms with Gasteiger partial charge in [-0.2, -0.15) is 0 Å². The van der Waals surface area contributed by atoms with Gasteiger partial charge in [-0.25, -0.2) is 4.79 Å². The summed E-state index contributed by atoms with van der Waals surface area (Å²) in [6.45, 7) is 3.31. The second-order valence-corrected chi connectivity index (χ2v) is 5.76. The molecule has 1 unspecified atom stereocenters. The maximum Gasteiger partial charge on any atom is 0.319 e. The van der Waals surface area contributed by atoms with Crippen LogP contribution in [-0.2, 0) is 11.3 Å². The lowest BCUT2D eigenvalue weighted by atomic mass is 10.0. The molecule has 0 aliphatic heterocycles. The van der Waals surface area contributed by atoms with E-state index >= 15 is 0 Å². The summed E-state index contributed by atoms with van der Waals surface area (Å²) in [5.74, 6) is 0. The van der Waals surface area contributed by atoms with E-state index in [-0.39, 0.29) is 18.7 Å². The van der Waals surface area contributed by atoms with E-state index < -0.39 is 0 Å². The minimum atomic E-state index is -0.260. The molecule has 2 aromatic carbocycles. The van der Waals surface area contributed by atoms with Crippen LogP contribution in [0.4, 0.5) is 10.5 Å². The van der Waals surface area contributed by atoms with Crippen LogP contribution in [0.2, 0.25) is 0 Å². The zero-order chi connectivity index (χ0) is 17.9. The Hall–Kier alpha value is -2.37. The summed E-state index contributed by atoms with van der Waals surface area (Å²) in [6.07, 6.45) is 1.31. The lowest BCUT2D eigenvalue weighted by Crippen LogP contribution is -2.32. The summed E-state index contributed by atoms with van der Waals surface area (Å²) in [4.78, 5) is 12.3. The highest BCUT2D eigenvalue weighted by Gasteiger charge is 2.14. The zero-order valence-electron chi connectivity index (χ0n) is 14.6. The van der Waals surface area contributed by atoms with E-state index in [4.69, 9.17) is 9.84 Å².